The Morgan fingerprint density at radius 3 is 2.69 bits per heavy atom. The highest BCUT2D eigenvalue weighted by Gasteiger charge is 2.00. The highest BCUT2D eigenvalue weighted by atomic mass is 79.9. The van der Waals surface area contributed by atoms with Crippen LogP contribution in [0.15, 0.2) is 42.9 Å². The number of alkyl halides is 1. The number of imidazole rings is 1. The zero-order chi connectivity index (χ0) is 11.2. The van der Waals surface area contributed by atoms with Gasteiger partial charge in [-0.05, 0) is 12.8 Å². The van der Waals surface area contributed by atoms with Gasteiger partial charge in [-0.2, -0.15) is 0 Å². The molecule has 0 unspecified atom stereocenters. The number of hydrogen-bond acceptors (Lipinski definition) is 1. The normalized spacial score (nSPS) is 10.6. The van der Waals surface area contributed by atoms with E-state index in [-0.39, 0.29) is 0 Å². The highest BCUT2D eigenvalue weighted by Crippen LogP contribution is 2.16. The summed E-state index contributed by atoms with van der Waals surface area (Å²) in [5.74, 6) is 0. The Bertz CT molecular complexity index is 423. The molecule has 0 spiro atoms. The van der Waals surface area contributed by atoms with Gasteiger partial charge < -0.3 is 4.57 Å². The van der Waals surface area contributed by atoms with Crippen molar-refractivity contribution in [2.75, 3.05) is 5.33 Å². The molecule has 16 heavy (non-hydrogen) atoms. The standard InChI is InChI=1S/C13H15BrN2/c14-8-4-5-9-16-10-13(15-11-16)12-6-2-1-3-7-12/h1-3,6-7,10-11H,4-5,8-9H2. The third-order valence-electron chi connectivity index (χ3n) is 2.50. The lowest BCUT2D eigenvalue weighted by atomic mass is 10.2. The molecule has 0 saturated carbocycles. The average Bonchev–Trinajstić information content (AvgIpc) is 2.79. The quantitative estimate of drug-likeness (QED) is 0.602. The molecule has 0 fully saturated rings. The molecular formula is C13H15BrN2. The van der Waals surface area contributed by atoms with Gasteiger partial charge >= 0.3 is 0 Å². The number of hydrogen-bond donors (Lipinski definition) is 0. The van der Waals surface area contributed by atoms with Crippen LogP contribution in [-0.4, -0.2) is 14.9 Å². The minimum absolute atomic E-state index is 1.05. The van der Waals surface area contributed by atoms with Crippen LogP contribution in [0.5, 0.6) is 0 Å². The van der Waals surface area contributed by atoms with Crippen LogP contribution in [0.1, 0.15) is 12.8 Å². The van der Waals surface area contributed by atoms with Crippen molar-refractivity contribution in [1.29, 1.82) is 0 Å². The fourth-order valence-electron chi connectivity index (χ4n) is 1.63. The minimum Gasteiger partial charge on any atom is -0.337 e. The van der Waals surface area contributed by atoms with Gasteiger partial charge in [-0.15, -0.1) is 0 Å². The van der Waals surface area contributed by atoms with Gasteiger partial charge in [-0.1, -0.05) is 46.3 Å². The zero-order valence-electron chi connectivity index (χ0n) is 9.14. The first-order valence-electron chi connectivity index (χ1n) is 5.53. The summed E-state index contributed by atoms with van der Waals surface area (Å²) in [5, 5.41) is 1.08. The van der Waals surface area contributed by atoms with E-state index in [0.717, 1.165) is 17.6 Å². The first-order valence-corrected chi connectivity index (χ1v) is 6.65. The number of unbranched alkanes of at least 4 members (excludes halogenated alkanes) is 1. The van der Waals surface area contributed by atoms with E-state index in [1.807, 2.05) is 24.5 Å². The Morgan fingerprint density at radius 2 is 1.94 bits per heavy atom. The van der Waals surface area contributed by atoms with E-state index < -0.39 is 0 Å². The minimum atomic E-state index is 1.05. The summed E-state index contributed by atoms with van der Waals surface area (Å²) in [6.45, 7) is 1.05. The first kappa shape index (κ1) is 11.4. The molecule has 0 saturated heterocycles. The molecule has 1 aromatic heterocycles. The molecule has 0 aliphatic rings. The summed E-state index contributed by atoms with van der Waals surface area (Å²) in [6, 6.07) is 10.3. The summed E-state index contributed by atoms with van der Waals surface area (Å²) in [5.41, 5.74) is 2.24. The van der Waals surface area contributed by atoms with Gasteiger partial charge in [0.05, 0.1) is 12.0 Å². The maximum absolute atomic E-state index is 4.42. The summed E-state index contributed by atoms with van der Waals surface area (Å²) < 4.78 is 2.16. The largest absolute Gasteiger partial charge is 0.337 e. The van der Waals surface area contributed by atoms with Crippen molar-refractivity contribution in [2.45, 2.75) is 19.4 Å². The lowest BCUT2D eigenvalue weighted by molar-refractivity contribution is 0.636. The SMILES string of the molecule is BrCCCCn1cnc(-c2ccccc2)c1. The molecule has 2 aromatic rings. The van der Waals surface area contributed by atoms with Crippen LogP contribution < -0.4 is 0 Å². The molecule has 1 heterocycles. The molecule has 0 bridgehead atoms. The van der Waals surface area contributed by atoms with Gasteiger partial charge in [0.1, 0.15) is 0 Å². The maximum Gasteiger partial charge on any atom is 0.0953 e. The molecule has 0 N–H and O–H groups in total. The van der Waals surface area contributed by atoms with Gasteiger partial charge in [0.2, 0.25) is 0 Å². The van der Waals surface area contributed by atoms with Crippen LogP contribution in [-0.2, 0) is 6.54 Å². The topological polar surface area (TPSA) is 17.8 Å². The molecule has 0 aliphatic heterocycles. The van der Waals surface area contributed by atoms with Crippen LogP contribution >= 0.6 is 15.9 Å². The Hall–Kier alpha value is -1.09. The van der Waals surface area contributed by atoms with Crippen molar-refractivity contribution in [2.24, 2.45) is 0 Å². The molecule has 0 amide bonds. The number of rotatable bonds is 5. The lowest BCUT2D eigenvalue weighted by Gasteiger charge is -1.99. The molecule has 2 rings (SSSR count). The third kappa shape index (κ3) is 2.95. The van der Waals surface area contributed by atoms with Crippen molar-refractivity contribution in [1.82, 2.24) is 9.55 Å². The second kappa shape index (κ2) is 5.85. The van der Waals surface area contributed by atoms with Gasteiger partial charge in [0.15, 0.2) is 0 Å². The molecule has 2 nitrogen and oxygen atoms in total. The van der Waals surface area contributed by atoms with Crippen LogP contribution in [0.3, 0.4) is 0 Å². The van der Waals surface area contributed by atoms with E-state index >= 15 is 0 Å². The van der Waals surface area contributed by atoms with E-state index in [0.29, 0.717) is 0 Å². The summed E-state index contributed by atoms with van der Waals surface area (Å²) in [4.78, 5) is 4.42. The second-order valence-corrected chi connectivity index (χ2v) is 4.55. The Labute approximate surface area is 104 Å². The average molecular weight is 279 g/mol. The van der Waals surface area contributed by atoms with Crippen molar-refractivity contribution in [3.8, 4) is 11.3 Å². The maximum atomic E-state index is 4.42. The zero-order valence-corrected chi connectivity index (χ0v) is 10.7. The smallest absolute Gasteiger partial charge is 0.0953 e. The van der Waals surface area contributed by atoms with Crippen LogP contribution in [0, 0.1) is 0 Å². The second-order valence-electron chi connectivity index (χ2n) is 3.76. The molecule has 0 radical (unpaired) electrons. The fourth-order valence-corrected chi connectivity index (χ4v) is 2.03. The molecule has 1 aromatic carbocycles. The molecule has 0 atom stereocenters. The van der Waals surface area contributed by atoms with E-state index in [9.17, 15) is 0 Å². The van der Waals surface area contributed by atoms with Crippen molar-refractivity contribution in [3.05, 3.63) is 42.9 Å². The number of halogens is 1. The Morgan fingerprint density at radius 1 is 1.12 bits per heavy atom. The summed E-state index contributed by atoms with van der Waals surface area (Å²) in [6.07, 6.45) is 6.43. The first-order chi connectivity index (χ1) is 7.90. The number of nitrogens with zero attached hydrogens (tertiary/aromatic N) is 2. The number of aryl methyl sites for hydroxylation is 1. The third-order valence-corrected chi connectivity index (χ3v) is 3.06. The number of aromatic nitrogens is 2. The summed E-state index contributed by atoms with van der Waals surface area (Å²) in [7, 11) is 0. The van der Waals surface area contributed by atoms with E-state index in [1.165, 1.54) is 18.4 Å². The number of benzene rings is 1. The lowest BCUT2D eigenvalue weighted by Crippen LogP contribution is -1.94. The van der Waals surface area contributed by atoms with Crippen molar-refractivity contribution in [3.63, 3.8) is 0 Å². The predicted octanol–water partition coefficient (Wildman–Crippen LogP) is 3.73. The van der Waals surface area contributed by atoms with Crippen molar-refractivity contribution >= 4 is 15.9 Å². The Kier molecular flexibility index (Phi) is 4.17. The highest BCUT2D eigenvalue weighted by molar-refractivity contribution is 9.09. The molecule has 0 aliphatic carbocycles. The van der Waals surface area contributed by atoms with E-state index in [4.69, 9.17) is 0 Å². The van der Waals surface area contributed by atoms with E-state index in [1.54, 1.807) is 0 Å². The van der Waals surface area contributed by atoms with Crippen molar-refractivity contribution < 1.29 is 0 Å². The monoisotopic (exact) mass is 278 g/mol. The Balaban J connectivity index is 2.02. The van der Waals surface area contributed by atoms with Crippen LogP contribution in [0.25, 0.3) is 11.3 Å². The molecule has 3 heteroatoms. The van der Waals surface area contributed by atoms with Crippen LogP contribution in [0.2, 0.25) is 0 Å². The van der Waals surface area contributed by atoms with Crippen LogP contribution in [0.4, 0.5) is 0 Å². The van der Waals surface area contributed by atoms with Gasteiger partial charge in [-0.25, -0.2) is 4.98 Å². The fraction of sp³-hybridized carbons (Fsp3) is 0.308. The van der Waals surface area contributed by atoms with Gasteiger partial charge in [0.25, 0.3) is 0 Å². The molecule has 84 valence electrons. The predicted molar refractivity (Wildman–Crippen MR) is 70.7 cm³/mol. The molecular weight excluding hydrogens is 264 g/mol. The van der Waals surface area contributed by atoms with Gasteiger partial charge in [-0.3, -0.25) is 0 Å². The summed E-state index contributed by atoms with van der Waals surface area (Å²) >= 11 is 3.44. The van der Waals surface area contributed by atoms with E-state index in [2.05, 4.69) is 43.8 Å². The van der Waals surface area contributed by atoms with Gasteiger partial charge in [0, 0.05) is 23.6 Å².